The molecule has 100 valence electrons. The molecule has 0 aliphatic rings. The van der Waals surface area contributed by atoms with E-state index in [0.717, 1.165) is 0 Å². The van der Waals surface area contributed by atoms with Crippen LogP contribution in [0.4, 0.5) is 0 Å². The fraction of sp³-hybridized carbons (Fsp3) is 1.00. The minimum atomic E-state index is 0.625. The molecule has 0 heterocycles. The maximum atomic E-state index is 3.39. The van der Waals surface area contributed by atoms with E-state index in [-0.39, 0.29) is 0 Å². The zero-order chi connectivity index (χ0) is 12.8. The smallest absolute Gasteiger partial charge is 0.00127 e. The van der Waals surface area contributed by atoms with Crippen LogP contribution in [-0.4, -0.2) is 25.2 Å². The van der Waals surface area contributed by atoms with Gasteiger partial charge in [-0.15, -0.1) is 0 Å². The molecular weight excluding hydrogens is 196 g/mol. The van der Waals surface area contributed by atoms with E-state index in [0.29, 0.717) is 12.1 Å². The molecule has 0 aromatic heterocycles. The van der Waals surface area contributed by atoms with Crippen molar-refractivity contribution in [2.75, 3.05) is 13.1 Å². The van der Waals surface area contributed by atoms with Crippen LogP contribution in [0.25, 0.3) is 0 Å². The van der Waals surface area contributed by atoms with Crippen LogP contribution in [0, 0.1) is 0 Å². The van der Waals surface area contributed by atoms with E-state index >= 15 is 0 Å². The number of nitrogens with one attached hydrogen (secondary N) is 2. The third-order valence-electron chi connectivity index (χ3n) is 2.08. The molecule has 0 bridgehead atoms. The van der Waals surface area contributed by atoms with E-state index in [1.807, 2.05) is 0 Å². The van der Waals surface area contributed by atoms with E-state index in [1.165, 1.54) is 38.8 Å². The summed E-state index contributed by atoms with van der Waals surface area (Å²) in [5, 5.41) is 6.69. The summed E-state index contributed by atoms with van der Waals surface area (Å²) in [4.78, 5) is 0. The molecule has 0 fully saturated rings. The minimum Gasteiger partial charge on any atom is -0.317 e. The maximum Gasteiger partial charge on any atom is 0.00127 e. The second-order valence-electron chi connectivity index (χ2n) is 4.93. The summed E-state index contributed by atoms with van der Waals surface area (Å²) >= 11 is 0. The van der Waals surface area contributed by atoms with E-state index < -0.39 is 0 Å². The Hall–Kier alpha value is -0.0800. The Labute approximate surface area is 104 Å². The number of unbranched alkanes of at least 4 members (excludes halogenated alkanes) is 2. The standard InChI is InChI=1S/C8H19N.C6H15N/c1-3-5-7-9-8-6-4-2;1-5(2)7-6(3)4/h9H,3-8H2,1-2H3;5-7H,1-4H3. The van der Waals surface area contributed by atoms with Gasteiger partial charge in [-0.25, -0.2) is 0 Å². The zero-order valence-electron chi connectivity index (χ0n) is 12.4. The van der Waals surface area contributed by atoms with Gasteiger partial charge in [0, 0.05) is 12.1 Å². The summed E-state index contributed by atoms with van der Waals surface area (Å²) in [7, 11) is 0. The Morgan fingerprint density at radius 2 is 1.12 bits per heavy atom. The molecule has 0 amide bonds. The Balaban J connectivity index is 0. The quantitative estimate of drug-likeness (QED) is 0.623. The summed E-state index contributed by atoms with van der Waals surface area (Å²) in [6.07, 6.45) is 5.26. The molecule has 2 nitrogen and oxygen atoms in total. The van der Waals surface area contributed by atoms with Crippen LogP contribution in [-0.2, 0) is 0 Å². The van der Waals surface area contributed by atoms with Crippen molar-refractivity contribution in [3.63, 3.8) is 0 Å². The predicted octanol–water partition coefficient (Wildman–Crippen LogP) is 3.57. The lowest BCUT2D eigenvalue weighted by Gasteiger charge is -2.10. The molecule has 2 N–H and O–H groups in total. The van der Waals surface area contributed by atoms with Gasteiger partial charge in [-0.05, 0) is 25.9 Å². The van der Waals surface area contributed by atoms with E-state index in [4.69, 9.17) is 0 Å². The molecule has 16 heavy (non-hydrogen) atoms. The fourth-order valence-electron chi connectivity index (χ4n) is 1.40. The lowest BCUT2D eigenvalue weighted by atomic mass is 10.3. The molecule has 0 saturated carbocycles. The number of hydrogen-bond donors (Lipinski definition) is 2. The summed E-state index contributed by atoms with van der Waals surface area (Å²) in [5.74, 6) is 0. The number of hydrogen-bond acceptors (Lipinski definition) is 2. The lowest BCUT2D eigenvalue weighted by molar-refractivity contribution is 0.518. The van der Waals surface area contributed by atoms with Crippen LogP contribution in [0.1, 0.15) is 67.2 Å². The average Bonchev–Trinajstić information content (AvgIpc) is 2.16. The first kappa shape index (κ1) is 18.3. The molecule has 0 aliphatic carbocycles. The van der Waals surface area contributed by atoms with Crippen molar-refractivity contribution in [3.8, 4) is 0 Å². The van der Waals surface area contributed by atoms with Gasteiger partial charge in [0.15, 0.2) is 0 Å². The summed E-state index contributed by atoms with van der Waals surface area (Å²) in [5.41, 5.74) is 0. The van der Waals surface area contributed by atoms with Crippen LogP contribution in [0.2, 0.25) is 0 Å². The Bertz CT molecular complexity index is 99.3. The Morgan fingerprint density at radius 1 is 0.750 bits per heavy atom. The van der Waals surface area contributed by atoms with Gasteiger partial charge in [0.25, 0.3) is 0 Å². The van der Waals surface area contributed by atoms with Crippen LogP contribution in [0.5, 0.6) is 0 Å². The normalized spacial score (nSPS) is 10.5. The van der Waals surface area contributed by atoms with Crippen molar-refractivity contribution < 1.29 is 0 Å². The van der Waals surface area contributed by atoms with Crippen LogP contribution < -0.4 is 10.6 Å². The zero-order valence-corrected chi connectivity index (χ0v) is 12.4. The van der Waals surface area contributed by atoms with Gasteiger partial charge < -0.3 is 10.6 Å². The SMILES string of the molecule is CC(C)NC(C)C.CCCCNCCCC. The van der Waals surface area contributed by atoms with Gasteiger partial charge in [-0.3, -0.25) is 0 Å². The van der Waals surface area contributed by atoms with Crippen LogP contribution in [0.15, 0.2) is 0 Å². The van der Waals surface area contributed by atoms with Crippen molar-refractivity contribution in [1.29, 1.82) is 0 Å². The monoisotopic (exact) mass is 230 g/mol. The Kier molecular flexibility index (Phi) is 17.1. The van der Waals surface area contributed by atoms with Gasteiger partial charge in [-0.2, -0.15) is 0 Å². The predicted molar refractivity (Wildman–Crippen MR) is 76.1 cm³/mol. The van der Waals surface area contributed by atoms with Gasteiger partial charge >= 0.3 is 0 Å². The van der Waals surface area contributed by atoms with E-state index in [2.05, 4.69) is 52.2 Å². The van der Waals surface area contributed by atoms with Crippen LogP contribution >= 0.6 is 0 Å². The van der Waals surface area contributed by atoms with Crippen molar-refractivity contribution >= 4 is 0 Å². The van der Waals surface area contributed by atoms with Gasteiger partial charge in [-0.1, -0.05) is 54.4 Å². The molecule has 2 heteroatoms. The molecule has 0 radical (unpaired) electrons. The highest BCUT2D eigenvalue weighted by Gasteiger charge is 1.92. The Morgan fingerprint density at radius 3 is 1.31 bits per heavy atom. The highest BCUT2D eigenvalue weighted by Crippen LogP contribution is 1.85. The van der Waals surface area contributed by atoms with Gasteiger partial charge in [0.05, 0.1) is 0 Å². The minimum absolute atomic E-state index is 0.625. The molecule has 0 atom stereocenters. The summed E-state index contributed by atoms with van der Waals surface area (Å²) in [6.45, 7) is 15.5. The first-order chi connectivity index (χ1) is 7.54. The molecule has 0 aromatic rings. The highest BCUT2D eigenvalue weighted by molar-refractivity contribution is 4.55. The lowest BCUT2D eigenvalue weighted by Crippen LogP contribution is -2.29. The number of rotatable bonds is 8. The molecule has 0 aromatic carbocycles. The average molecular weight is 230 g/mol. The maximum absolute atomic E-state index is 3.39. The van der Waals surface area contributed by atoms with E-state index in [9.17, 15) is 0 Å². The van der Waals surface area contributed by atoms with Crippen LogP contribution in [0.3, 0.4) is 0 Å². The second-order valence-corrected chi connectivity index (χ2v) is 4.93. The largest absolute Gasteiger partial charge is 0.317 e. The van der Waals surface area contributed by atoms with Crippen molar-refractivity contribution in [2.24, 2.45) is 0 Å². The van der Waals surface area contributed by atoms with Gasteiger partial charge in [0.1, 0.15) is 0 Å². The molecule has 0 unspecified atom stereocenters. The van der Waals surface area contributed by atoms with Crippen molar-refractivity contribution in [3.05, 3.63) is 0 Å². The highest BCUT2D eigenvalue weighted by atomic mass is 14.9. The second kappa shape index (κ2) is 14.9. The summed E-state index contributed by atoms with van der Waals surface area (Å²) < 4.78 is 0. The third kappa shape index (κ3) is 23.6. The van der Waals surface area contributed by atoms with Gasteiger partial charge in [0.2, 0.25) is 0 Å². The summed E-state index contributed by atoms with van der Waals surface area (Å²) in [6, 6.07) is 1.25. The molecule has 0 aliphatic heterocycles. The molecule has 0 spiro atoms. The molecule has 0 saturated heterocycles. The molecular formula is C14H34N2. The van der Waals surface area contributed by atoms with Crippen molar-refractivity contribution in [2.45, 2.75) is 79.3 Å². The topological polar surface area (TPSA) is 24.1 Å². The van der Waals surface area contributed by atoms with E-state index in [1.54, 1.807) is 0 Å². The molecule has 0 rings (SSSR count). The fourth-order valence-corrected chi connectivity index (χ4v) is 1.40. The first-order valence-electron chi connectivity index (χ1n) is 7.01. The third-order valence-corrected chi connectivity index (χ3v) is 2.08. The van der Waals surface area contributed by atoms with Crippen molar-refractivity contribution in [1.82, 2.24) is 10.6 Å². The first-order valence-corrected chi connectivity index (χ1v) is 7.01.